The fourth-order valence-corrected chi connectivity index (χ4v) is 0.189. The molecule has 0 aromatic rings. The van der Waals surface area contributed by atoms with E-state index in [0.29, 0.717) is 6.61 Å². The van der Waals surface area contributed by atoms with Crippen molar-refractivity contribution in [1.82, 2.24) is 0 Å². The van der Waals surface area contributed by atoms with Gasteiger partial charge in [-0.25, -0.2) is 4.79 Å². The van der Waals surface area contributed by atoms with E-state index in [2.05, 4.69) is 4.74 Å². The Labute approximate surface area is 63.5 Å². The second-order valence-electron chi connectivity index (χ2n) is 1.03. The maximum Gasteiger partial charge on any atom is 0.329 e. The summed E-state index contributed by atoms with van der Waals surface area (Å²) in [5.41, 5.74) is 0. The molecule has 0 spiro atoms. The average Bonchev–Trinajstić information content (AvgIpc) is 1.61. The molecule has 0 atom stereocenters. The predicted molar refractivity (Wildman–Crippen MR) is 24.1 cm³/mol. The zero-order chi connectivity index (χ0) is 5.70. The van der Waals surface area contributed by atoms with Crippen LogP contribution in [0.25, 0.3) is 0 Å². The van der Waals surface area contributed by atoms with Gasteiger partial charge in [0.25, 0.3) is 0 Å². The van der Waals surface area contributed by atoms with Crippen molar-refractivity contribution in [3.63, 3.8) is 0 Å². The van der Waals surface area contributed by atoms with Crippen LogP contribution in [0.3, 0.4) is 0 Å². The van der Waals surface area contributed by atoms with Crippen molar-refractivity contribution < 1.29 is 37.0 Å². The molecule has 3 nitrogen and oxygen atoms in total. The Hall–Kier alpha value is 0.170. The van der Waals surface area contributed by atoms with Gasteiger partial charge in [0.15, 0.2) is 0 Å². The first-order chi connectivity index (χ1) is 3.27. The van der Waals surface area contributed by atoms with Crippen LogP contribution in [0.2, 0.25) is 0 Å². The Kier molecular flexibility index (Phi) is 9.89. The number of carboxylic acid groups (broad SMARTS) is 1. The summed E-state index contributed by atoms with van der Waals surface area (Å²) in [4.78, 5) is 9.63. The fraction of sp³-hybridized carbons (Fsp3) is 0.750. The van der Waals surface area contributed by atoms with Crippen LogP contribution in [0.4, 0.5) is 0 Å². The standard InChI is InChI=1S/C4H8O3.Ag/c1-2-7-3-4(5)6;/h2-3H2,1H3,(H,5,6);. The molecule has 0 aliphatic heterocycles. The monoisotopic (exact) mass is 211 g/mol. The molecule has 53 valence electrons. The van der Waals surface area contributed by atoms with Crippen molar-refractivity contribution >= 4 is 5.97 Å². The van der Waals surface area contributed by atoms with Crippen LogP contribution in [-0.2, 0) is 31.9 Å². The van der Waals surface area contributed by atoms with E-state index in [-0.39, 0.29) is 29.0 Å². The number of rotatable bonds is 3. The molecular weight excluding hydrogens is 204 g/mol. The Morgan fingerprint density at radius 1 is 1.75 bits per heavy atom. The third-order valence-electron chi connectivity index (χ3n) is 0.430. The number of hydrogen-bond acceptors (Lipinski definition) is 2. The second kappa shape index (κ2) is 7.17. The van der Waals surface area contributed by atoms with Gasteiger partial charge in [-0.05, 0) is 6.92 Å². The molecule has 0 saturated carbocycles. The van der Waals surface area contributed by atoms with Gasteiger partial charge in [-0.2, -0.15) is 0 Å². The molecule has 0 unspecified atom stereocenters. The van der Waals surface area contributed by atoms with Crippen LogP contribution in [0, 0.1) is 0 Å². The summed E-state index contributed by atoms with van der Waals surface area (Å²) < 4.78 is 4.50. The van der Waals surface area contributed by atoms with Gasteiger partial charge in [-0.1, -0.05) is 0 Å². The summed E-state index contributed by atoms with van der Waals surface area (Å²) in [5, 5.41) is 7.92. The summed E-state index contributed by atoms with van der Waals surface area (Å²) in [5.74, 6) is -0.915. The van der Waals surface area contributed by atoms with E-state index in [9.17, 15) is 4.79 Å². The van der Waals surface area contributed by atoms with Crippen molar-refractivity contribution in [2.75, 3.05) is 13.2 Å². The molecule has 1 radical (unpaired) electrons. The van der Waals surface area contributed by atoms with Crippen molar-refractivity contribution in [3.05, 3.63) is 0 Å². The van der Waals surface area contributed by atoms with Gasteiger partial charge in [0.1, 0.15) is 6.61 Å². The van der Waals surface area contributed by atoms with Crippen LogP contribution in [-0.4, -0.2) is 24.3 Å². The number of ether oxygens (including phenoxy) is 1. The normalized spacial score (nSPS) is 7.62. The Bertz CT molecular complexity index is 64.3. The topological polar surface area (TPSA) is 46.5 Å². The van der Waals surface area contributed by atoms with Crippen LogP contribution >= 0.6 is 0 Å². The van der Waals surface area contributed by atoms with E-state index in [4.69, 9.17) is 5.11 Å². The largest absolute Gasteiger partial charge is 0.480 e. The summed E-state index contributed by atoms with van der Waals surface area (Å²) >= 11 is 0. The van der Waals surface area contributed by atoms with Crippen molar-refractivity contribution in [1.29, 1.82) is 0 Å². The molecule has 4 heteroatoms. The summed E-state index contributed by atoms with van der Waals surface area (Å²) in [6.07, 6.45) is 0. The Balaban J connectivity index is 0. The van der Waals surface area contributed by atoms with Crippen LogP contribution in [0.5, 0.6) is 0 Å². The molecule has 0 aromatic heterocycles. The molecule has 0 rings (SSSR count). The number of aliphatic carboxylic acids is 1. The minimum absolute atomic E-state index is 0. The molecule has 0 aliphatic carbocycles. The van der Waals surface area contributed by atoms with Gasteiger partial charge >= 0.3 is 5.97 Å². The quantitative estimate of drug-likeness (QED) is 0.675. The van der Waals surface area contributed by atoms with Gasteiger partial charge in [0, 0.05) is 29.0 Å². The van der Waals surface area contributed by atoms with Crippen molar-refractivity contribution in [2.45, 2.75) is 6.92 Å². The SMILES string of the molecule is CCOCC(=O)O.[Ag]. The molecule has 0 fully saturated rings. The molecule has 0 aliphatic rings. The minimum Gasteiger partial charge on any atom is -0.480 e. The fourth-order valence-electron chi connectivity index (χ4n) is 0.189. The molecule has 0 saturated heterocycles. The van der Waals surface area contributed by atoms with Gasteiger partial charge in [-0.3, -0.25) is 0 Å². The van der Waals surface area contributed by atoms with E-state index in [0.717, 1.165) is 0 Å². The van der Waals surface area contributed by atoms with E-state index in [1.807, 2.05) is 0 Å². The number of carbonyl (C=O) groups is 1. The number of carboxylic acids is 1. The number of hydrogen-bond donors (Lipinski definition) is 1. The minimum atomic E-state index is -0.915. The van der Waals surface area contributed by atoms with Gasteiger partial charge in [0.05, 0.1) is 0 Å². The summed E-state index contributed by atoms with van der Waals surface area (Å²) in [6.45, 7) is 2.03. The van der Waals surface area contributed by atoms with E-state index < -0.39 is 5.97 Å². The first-order valence-electron chi connectivity index (χ1n) is 2.07. The third kappa shape index (κ3) is 9.48. The van der Waals surface area contributed by atoms with Crippen LogP contribution < -0.4 is 0 Å². The third-order valence-corrected chi connectivity index (χ3v) is 0.430. The van der Waals surface area contributed by atoms with Crippen molar-refractivity contribution in [3.8, 4) is 0 Å². The smallest absolute Gasteiger partial charge is 0.329 e. The first-order valence-corrected chi connectivity index (χ1v) is 2.07. The van der Waals surface area contributed by atoms with Crippen LogP contribution in [0.1, 0.15) is 6.92 Å². The Morgan fingerprint density at radius 2 is 2.25 bits per heavy atom. The second-order valence-corrected chi connectivity index (χ2v) is 1.03. The summed E-state index contributed by atoms with van der Waals surface area (Å²) in [7, 11) is 0. The van der Waals surface area contributed by atoms with Crippen LogP contribution in [0.15, 0.2) is 0 Å². The van der Waals surface area contributed by atoms with Gasteiger partial charge in [0.2, 0.25) is 0 Å². The van der Waals surface area contributed by atoms with Crippen molar-refractivity contribution in [2.24, 2.45) is 0 Å². The Morgan fingerprint density at radius 3 is 2.38 bits per heavy atom. The van der Waals surface area contributed by atoms with E-state index in [1.165, 1.54) is 0 Å². The molecule has 0 bridgehead atoms. The van der Waals surface area contributed by atoms with Gasteiger partial charge < -0.3 is 9.84 Å². The molecule has 1 N–H and O–H groups in total. The van der Waals surface area contributed by atoms with E-state index >= 15 is 0 Å². The molecular formula is C4H8AgO3. The zero-order valence-electron chi connectivity index (χ0n) is 4.48. The maximum atomic E-state index is 9.63. The molecule has 8 heavy (non-hydrogen) atoms. The predicted octanol–water partition coefficient (Wildman–Crippen LogP) is 0.105. The zero-order valence-corrected chi connectivity index (χ0v) is 5.96. The molecule has 0 heterocycles. The average molecular weight is 212 g/mol. The van der Waals surface area contributed by atoms with Gasteiger partial charge in [-0.15, -0.1) is 0 Å². The molecule has 0 aromatic carbocycles. The van der Waals surface area contributed by atoms with E-state index in [1.54, 1.807) is 6.92 Å². The first kappa shape index (κ1) is 11.0. The molecule has 0 amide bonds. The summed E-state index contributed by atoms with van der Waals surface area (Å²) in [6, 6.07) is 0. The maximum absolute atomic E-state index is 9.63.